The first kappa shape index (κ1) is 14.3. The van der Waals surface area contributed by atoms with Crippen molar-refractivity contribution in [2.75, 3.05) is 11.9 Å². The highest BCUT2D eigenvalue weighted by Gasteiger charge is 2.38. The van der Waals surface area contributed by atoms with Crippen LogP contribution in [0.25, 0.3) is 0 Å². The summed E-state index contributed by atoms with van der Waals surface area (Å²) in [7, 11) is 0. The van der Waals surface area contributed by atoms with Gasteiger partial charge in [-0.2, -0.15) is 5.26 Å². The van der Waals surface area contributed by atoms with Crippen molar-refractivity contribution in [3.63, 3.8) is 0 Å². The molecule has 0 amide bonds. The summed E-state index contributed by atoms with van der Waals surface area (Å²) in [5, 5.41) is 12.1. The van der Waals surface area contributed by atoms with Gasteiger partial charge in [0.15, 0.2) is 0 Å². The molecule has 1 N–H and O–H groups in total. The third-order valence-electron chi connectivity index (χ3n) is 4.72. The highest BCUT2D eigenvalue weighted by molar-refractivity contribution is 5.49. The summed E-state index contributed by atoms with van der Waals surface area (Å²) in [5.41, 5.74) is 0.859. The zero-order valence-electron chi connectivity index (χ0n) is 12.2. The number of nitriles is 1. The maximum absolute atomic E-state index is 14.0. The first-order chi connectivity index (χ1) is 10.2. The smallest absolute Gasteiger partial charge is 0.147 e. The van der Waals surface area contributed by atoms with Crippen molar-refractivity contribution in [3.05, 3.63) is 29.6 Å². The Labute approximate surface area is 125 Å². The van der Waals surface area contributed by atoms with Crippen LogP contribution in [-0.4, -0.2) is 18.2 Å². The van der Waals surface area contributed by atoms with E-state index in [1.54, 1.807) is 12.1 Å². The van der Waals surface area contributed by atoms with E-state index < -0.39 is 0 Å². The largest absolute Gasteiger partial charge is 0.380 e. The molecule has 3 rings (SSSR count). The van der Waals surface area contributed by atoms with E-state index in [0.717, 1.165) is 32.3 Å². The molecule has 1 spiro atoms. The van der Waals surface area contributed by atoms with Crippen molar-refractivity contribution >= 4 is 5.69 Å². The zero-order chi connectivity index (χ0) is 14.7. The summed E-state index contributed by atoms with van der Waals surface area (Å²) in [6.45, 7) is 0.746. The third-order valence-corrected chi connectivity index (χ3v) is 4.72. The fourth-order valence-electron chi connectivity index (χ4n) is 3.62. The van der Waals surface area contributed by atoms with Gasteiger partial charge >= 0.3 is 0 Å². The molecule has 4 heteroatoms. The van der Waals surface area contributed by atoms with Crippen LogP contribution in [-0.2, 0) is 4.74 Å². The van der Waals surface area contributed by atoms with Crippen LogP contribution in [0, 0.1) is 17.1 Å². The van der Waals surface area contributed by atoms with Gasteiger partial charge in [-0.3, -0.25) is 0 Å². The quantitative estimate of drug-likeness (QED) is 0.895. The van der Waals surface area contributed by atoms with Crippen molar-refractivity contribution in [2.24, 2.45) is 0 Å². The second kappa shape index (κ2) is 6.03. The summed E-state index contributed by atoms with van der Waals surface area (Å²) < 4.78 is 20.0. The average molecular weight is 288 g/mol. The van der Waals surface area contributed by atoms with Gasteiger partial charge in [-0.1, -0.05) is 19.3 Å². The molecule has 0 bridgehead atoms. The molecular formula is C17H21FN2O. The van der Waals surface area contributed by atoms with Crippen LogP contribution < -0.4 is 5.32 Å². The zero-order valence-corrected chi connectivity index (χ0v) is 12.2. The first-order valence-electron chi connectivity index (χ1n) is 7.81. The molecule has 1 aliphatic heterocycles. The summed E-state index contributed by atoms with van der Waals surface area (Å²) >= 11 is 0. The number of ether oxygens (including phenoxy) is 1. The standard InChI is InChI=1S/C17H21FN2O/c18-15-10-13(12-19)4-5-16(15)20-14-6-9-21-17(11-14)7-2-1-3-8-17/h4-5,10,14,20H,1-3,6-9,11H2. The molecule has 1 aromatic rings. The average Bonchev–Trinajstić information content (AvgIpc) is 2.50. The van der Waals surface area contributed by atoms with Crippen molar-refractivity contribution in [3.8, 4) is 6.07 Å². The molecule has 1 heterocycles. The Hall–Kier alpha value is -1.60. The van der Waals surface area contributed by atoms with E-state index >= 15 is 0 Å². The van der Waals surface area contributed by atoms with Gasteiger partial charge in [0.25, 0.3) is 0 Å². The normalized spacial score (nSPS) is 24.5. The molecule has 1 atom stereocenters. The van der Waals surface area contributed by atoms with E-state index in [2.05, 4.69) is 5.32 Å². The number of anilines is 1. The Morgan fingerprint density at radius 3 is 2.81 bits per heavy atom. The second-order valence-electron chi connectivity index (χ2n) is 6.23. The number of rotatable bonds is 2. The highest BCUT2D eigenvalue weighted by atomic mass is 19.1. The van der Waals surface area contributed by atoms with Crippen LogP contribution in [0.5, 0.6) is 0 Å². The molecule has 1 aromatic carbocycles. The van der Waals surface area contributed by atoms with Crippen LogP contribution >= 0.6 is 0 Å². The van der Waals surface area contributed by atoms with E-state index in [1.165, 1.54) is 25.3 Å². The van der Waals surface area contributed by atoms with Gasteiger partial charge in [0.1, 0.15) is 5.82 Å². The Kier molecular flexibility index (Phi) is 4.12. The Morgan fingerprint density at radius 1 is 1.29 bits per heavy atom. The molecule has 112 valence electrons. The first-order valence-corrected chi connectivity index (χ1v) is 7.81. The number of nitrogens with one attached hydrogen (secondary N) is 1. The van der Waals surface area contributed by atoms with Gasteiger partial charge < -0.3 is 10.1 Å². The van der Waals surface area contributed by atoms with Crippen LogP contribution in [0.15, 0.2) is 18.2 Å². The van der Waals surface area contributed by atoms with Gasteiger partial charge in [-0.15, -0.1) is 0 Å². The predicted molar refractivity (Wildman–Crippen MR) is 79.5 cm³/mol. The molecule has 3 nitrogen and oxygen atoms in total. The highest BCUT2D eigenvalue weighted by Crippen LogP contribution is 2.39. The van der Waals surface area contributed by atoms with E-state index in [1.807, 2.05) is 6.07 Å². The number of nitrogens with zero attached hydrogens (tertiary/aromatic N) is 1. The van der Waals surface area contributed by atoms with E-state index in [0.29, 0.717) is 11.3 Å². The van der Waals surface area contributed by atoms with E-state index in [-0.39, 0.29) is 17.5 Å². The SMILES string of the molecule is N#Cc1ccc(NC2CCOC3(CCCCC3)C2)c(F)c1. The van der Waals surface area contributed by atoms with E-state index in [4.69, 9.17) is 10.00 Å². The van der Waals surface area contributed by atoms with Gasteiger partial charge in [-0.05, 0) is 43.9 Å². The lowest BCUT2D eigenvalue weighted by Gasteiger charge is -2.44. The lowest BCUT2D eigenvalue weighted by atomic mass is 9.78. The van der Waals surface area contributed by atoms with Gasteiger partial charge in [0.2, 0.25) is 0 Å². The van der Waals surface area contributed by atoms with Gasteiger partial charge in [0, 0.05) is 12.6 Å². The molecule has 1 saturated heterocycles. The minimum absolute atomic E-state index is 0.0111. The maximum Gasteiger partial charge on any atom is 0.147 e. The molecule has 2 aliphatic rings. The molecule has 0 radical (unpaired) electrons. The van der Waals surface area contributed by atoms with Crippen molar-refractivity contribution in [1.29, 1.82) is 5.26 Å². The van der Waals surface area contributed by atoms with Crippen molar-refractivity contribution in [1.82, 2.24) is 0 Å². The molecular weight excluding hydrogens is 267 g/mol. The fraction of sp³-hybridized carbons (Fsp3) is 0.588. The summed E-state index contributed by atoms with van der Waals surface area (Å²) in [6, 6.07) is 6.81. The summed E-state index contributed by atoms with van der Waals surface area (Å²) in [4.78, 5) is 0. The molecule has 2 fully saturated rings. The fourth-order valence-corrected chi connectivity index (χ4v) is 3.62. The van der Waals surface area contributed by atoms with Crippen molar-refractivity contribution in [2.45, 2.75) is 56.6 Å². The van der Waals surface area contributed by atoms with Crippen LogP contribution in [0.4, 0.5) is 10.1 Å². The Morgan fingerprint density at radius 2 is 2.10 bits per heavy atom. The minimum atomic E-state index is -0.349. The minimum Gasteiger partial charge on any atom is -0.380 e. The van der Waals surface area contributed by atoms with Crippen LogP contribution in [0.1, 0.15) is 50.5 Å². The topological polar surface area (TPSA) is 45.0 Å². The number of hydrogen-bond donors (Lipinski definition) is 1. The third kappa shape index (κ3) is 3.19. The molecule has 0 aromatic heterocycles. The molecule has 1 unspecified atom stereocenters. The van der Waals surface area contributed by atoms with Crippen molar-refractivity contribution < 1.29 is 9.13 Å². The Bertz CT molecular complexity index is 541. The lowest BCUT2D eigenvalue weighted by Crippen LogP contribution is -2.45. The summed E-state index contributed by atoms with van der Waals surface area (Å²) in [5.74, 6) is -0.349. The number of halogens is 1. The molecule has 1 saturated carbocycles. The van der Waals surface area contributed by atoms with E-state index in [9.17, 15) is 4.39 Å². The molecule has 21 heavy (non-hydrogen) atoms. The van der Waals surface area contributed by atoms with Gasteiger partial charge in [-0.25, -0.2) is 4.39 Å². The second-order valence-corrected chi connectivity index (χ2v) is 6.23. The molecule has 1 aliphatic carbocycles. The predicted octanol–water partition coefficient (Wildman–Crippen LogP) is 3.99. The van der Waals surface area contributed by atoms with Crippen LogP contribution in [0.2, 0.25) is 0 Å². The Balaban J connectivity index is 1.68. The van der Waals surface area contributed by atoms with Gasteiger partial charge in [0.05, 0.1) is 22.9 Å². The number of benzene rings is 1. The number of hydrogen-bond acceptors (Lipinski definition) is 3. The maximum atomic E-state index is 14.0. The monoisotopic (exact) mass is 288 g/mol. The summed E-state index contributed by atoms with van der Waals surface area (Å²) in [6.07, 6.45) is 7.87. The lowest BCUT2D eigenvalue weighted by molar-refractivity contribution is -0.103. The van der Waals surface area contributed by atoms with Crippen LogP contribution in [0.3, 0.4) is 0 Å².